The van der Waals surface area contributed by atoms with Gasteiger partial charge < -0.3 is 15.7 Å². The molecule has 0 atom stereocenters. The largest absolute Gasteiger partial charge is 0.396 e. The van der Waals surface area contributed by atoms with Crippen LogP contribution in [-0.4, -0.2) is 39.8 Å². The van der Waals surface area contributed by atoms with Crippen LogP contribution in [0.2, 0.25) is 5.02 Å². The van der Waals surface area contributed by atoms with Gasteiger partial charge in [0.1, 0.15) is 0 Å². The molecule has 7 heteroatoms. The lowest BCUT2D eigenvalue weighted by Crippen LogP contribution is -2.09. The molecule has 0 aliphatic heterocycles. The number of unbranched alkanes of at least 4 members (excludes halogenated alkanes) is 3. The first-order chi connectivity index (χ1) is 14.7. The molecule has 0 spiro atoms. The predicted octanol–water partition coefficient (Wildman–Crippen LogP) is 5.00. The Balaban J connectivity index is 1.47. The molecule has 0 saturated heterocycles. The average molecular weight is 428 g/mol. The monoisotopic (exact) mass is 427 g/mol. The van der Waals surface area contributed by atoms with Gasteiger partial charge in [0.25, 0.3) is 0 Å². The van der Waals surface area contributed by atoms with E-state index in [1.807, 2.05) is 31.2 Å². The molecule has 0 saturated carbocycles. The van der Waals surface area contributed by atoms with Crippen molar-refractivity contribution in [3.05, 3.63) is 52.9 Å². The minimum Gasteiger partial charge on any atom is -0.396 e. The van der Waals surface area contributed by atoms with Crippen molar-refractivity contribution in [2.75, 3.05) is 30.3 Å². The quantitative estimate of drug-likeness (QED) is 0.353. The minimum atomic E-state index is 0.276. The molecule has 0 fully saturated rings. The Bertz CT molecular complexity index is 950. The number of aliphatic hydroxyl groups excluding tert-OH is 1. The van der Waals surface area contributed by atoms with E-state index in [-0.39, 0.29) is 6.61 Å². The SMILES string of the molecule is Cc1cc(CCCNc2ccnc3cc(Cl)ccc23)nc(NCCCCCCO)n1. The molecule has 0 aliphatic carbocycles. The molecular weight excluding hydrogens is 398 g/mol. The van der Waals surface area contributed by atoms with Crippen LogP contribution in [0.25, 0.3) is 10.9 Å². The molecule has 0 bridgehead atoms. The summed E-state index contributed by atoms with van der Waals surface area (Å²) < 4.78 is 0. The van der Waals surface area contributed by atoms with Gasteiger partial charge in [0.2, 0.25) is 5.95 Å². The zero-order valence-electron chi connectivity index (χ0n) is 17.5. The topological polar surface area (TPSA) is 83.0 Å². The van der Waals surface area contributed by atoms with Crippen molar-refractivity contribution in [1.29, 1.82) is 0 Å². The molecule has 0 unspecified atom stereocenters. The Kier molecular flexibility index (Phi) is 8.66. The van der Waals surface area contributed by atoms with Crippen LogP contribution in [0.3, 0.4) is 0 Å². The summed E-state index contributed by atoms with van der Waals surface area (Å²) in [5.41, 5.74) is 4.00. The summed E-state index contributed by atoms with van der Waals surface area (Å²) >= 11 is 6.06. The number of aryl methyl sites for hydroxylation is 2. The summed E-state index contributed by atoms with van der Waals surface area (Å²) in [5.74, 6) is 0.706. The molecule has 1 aromatic carbocycles. The highest BCUT2D eigenvalue weighted by Gasteiger charge is 2.05. The van der Waals surface area contributed by atoms with Gasteiger partial charge in [-0.05, 0) is 62.9 Å². The third-order valence-corrected chi connectivity index (χ3v) is 5.14. The fourth-order valence-electron chi connectivity index (χ4n) is 3.40. The van der Waals surface area contributed by atoms with Crippen molar-refractivity contribution in [1.82, 2.24) is 15.0 Å². The summed E-state index contributed by atoms with van der Waals surface area (Å²) in [5, 5.41) is 17.4. The Morgan fingerprint density at radius 1 is 0.933 bits per heavy atom. The van der Waals surface area contributed by atoms with Crippen LogP contribution in [0.5, 0.6) is 0 Å². The molecule has 2 heterocycles. The van der Waals surface area contributed by atoms with Crippen molar-refractivity contribution in [2.24, 2.45) is 0 Å². The van der Waals surface area contributed by atoms with Crippen LogP contribution in [0.4, 0.5) is 11.6 Å². The van der Waals surface area contributed by atoms with E-state index < -0.39 is 0 Å². The number of nitrogens with zero attached hydrogens (tertiary/aromatic N) is 3. The van der Waals surface area contributed by atoms with E-state index in [4.69, 9.17) is 16.7 Å². The number of rotatable bonds is 12. The fourth-order valence-corrected chi connectivity index (χ4v) is 3.57. The second-order valence-electron chi connectivity index (χ2n) is 7.44. The predicted molar refractivity (Wildman–Crippen MR) is 124 cm³/mol. The van der Waals surface area contributed by atoms with Gasteiger partial charge in [-0.3, -0.25) is 4.98 Å². The molecule has 30 heavy (non-hydrogen) atoms. The van der Waals surface area contributed by atoms with Gasteiger partial charge in [0.05, 0.1) is 5.52 Å². The lowest BCUT2D eigenvalue weighted by Gasteiger charge is -2.11. The highest BCUT2D eigenvalue weighted by molar-refractivity contribution is 6.31. The maximum atomic E-state index is 8.82. The Hall–Kier alpha value is -2.44. The summed E-state index contributed by atoms with van der Waals surface area (Å²) in [6.07, 6.45) is 7.75. The molecule has 0 aliphatic rings. The smallest absolute Gasteiger partial charge is 0.223 e. The van der Waals surface area contributed by atoms with Crippen molar-refractivity contribution in [3.8, 4) is 0 Å². The first-order valence-electron chi connectivity index (χ1n) is 10.6. The summed E-state index contributed by atoms with van der Waals surface area (Å²) in [6.45, 7) is 3.98. The van der Waals surface area contributed by atoms with Crippen molar-refractivity contribution < 1.29 is 5.11 Å². The number of aliphatic hydroxyl groups is 1. The van der Waals surface area contributed by atoms with E-state index in [1.165, 1.54) is 0 Å². The van der Waals surface area contributed by atoms with Crippen LogP contribution in [0.15, 0.2) is 36.5 Å². The van der Waals surface area contributed by atoms with Gasteiger partial charge in [-0.1, -0.05) is 24.4 Å². The average Bonchev–Trinajstić information content (AvgIpc) is 2.73. The van der Waals surface area contributed by atoms with Crippen LogP contribution in [0, 0.1) is 6.92 Å². The molecular formula is C23H30ClN5O. The second-order valence-corrected chi connectivity index (χ2v) is 7.88. The third kappa shape index (κ3) is 6.82. The van der Waals surface area contributed by atoms with E-state index in [1.54, 1.807) is 6.20 Å². The first-order valence-corrected chi connectivity index (χ1v) is 11.0. The lowest BCUT2D eigenvalue weighted by molar-refractivity contribution is 0.283. The lowest BCUT2D eigenvalue weighted by atomic mass is 10.1. The molecule has 3 rings (SSSR count). The number of hydrogen-bond donors (Lipinski definition) is 3. The summed E-state index contributed by atoms with van der Waals surface area (Å²) in [7, 11) is 0. The molecule has 0 amide bonds. The molecule has 2 aromatic heterocycles. The number of benzene rings is 1. The van der Waals surface area contributed by atoms with E-state index in [0.29, 0.717) is 11.0 Å². The number of pyridine rings is 1. The van der Waals surface area contributed by atoms with Crippen molar-refractivity contribution in [2.45, 2.75) is 45.4 Å². The number of halogens is 1. The van der Waals surface area contributed by atoms with E-state index >= 15 is 0 Å². The Morgan fingerprint density at radius 2 is 1.77 bits per heavy atom. The normalized spacial score (nSPS) is 11.0. The number of fused-ring (bicyclic) bond motifs is 1. The highest BCUT2D eigenvalue weighted by atomic mass is 35.5. The van der Waals surface area contributed by atoms with Crippen molar-refractivity contribution >= 4 is 34.1 Å². The molecule has 3 N–H and O–H groups in total. The number of nitrogens with one attached hydrogen (secondary N) is 2. The summed E-state index contributed by atoms with van der Waals surface area (Å²) in [4.78, 5) is 13.5. The van der Waals surface area contributed by atoms with Crippen LogP contribution in [0.1, 0.15) is 43.5 Å². The van der Waals surface area contributed by atoms with Gasteiger partial charge in [0.15, 0.2) is 0 Å². The standard InChI is InChI=1S/C23H30ClN5O/c1-17-15-19(29-23(28-17)27-11-4-2-3-5-14-30)7-6-12-25-21-10-13-26-22-16-18(24)8-9-20(21)22/h8-10,13,15-16,30H,2-7,11-12,14H2,1H3,(H,25,26)(H,27,28,29). The number of aromatic nitrogens is 3. The van der Waals surface area contributed by atoms with Crippen LogP contribution in [-0.2, 0) is 6.42 Å². The van der Waals surface area contributed by atoms with Crippen LogP contribution >= 0.6 is 11.6 Å². The Labute approximate surface area is 183 Å². The third-order valence-electron chi connectivity index (χ3n) is 4.91. The van der Waals surface area contributed by atoms with Gasteiger partial charge in [-0.15, -0.1) is 0 Å². The van der Waals surface area contributed by atoms with Gasteiger partial charge in [-0.25, -0.2) is 9.97 Å². The van der Waals surface area contributed by atoms with Gasteiger partial charge >= 0.3 is 0 Å². The zero-order valence-corrected chi connectivity index (χ0v) is 18.3. The van der Waals surface area contributed by atoms with Crippen LogP contribution < -0.4 is 10.6 Å². The maximum absolute atomic E-state index is 8.82. The van der Waals surface area contributed by atoms with Gasteiger partial charge in [0, 0.05) is 53.4 Å². The summed E-state index contributed by atoms with van der Waals surface area (Å²) in [6, 6.07) is 9.82. The Morgan fingerprint density at radius 3 is 2.63 bits per heavy atom. The zero-order chi connectivity index (χ0) is 21.2. The van der Waals surface area contributed by atoms with E-state index in [9.17, 15) is 0 Å². The molecule has 0 radical (unpaired) electrons. The minimum absolute atomic E-state index is 0.276. The first kappa shape index (κ1) is 22.2. The number of hydrogen-bond acceptors (Lipinski definition) is 6. The maximum Gasteiger partial charge on any atom is 0.223 e. The van der Waals surface area contributed by atoms with E-state index in [0.717, 1.165) is 79.6 Å². The molecule has 160 valence electrons. The molecule has 3 aromatic rings. The molecule has 6 nitrogen and oxygen atoms in total. The second kappa shape index (κ2) is 11.7. The fraction of sp³-hybridized carbons (Fsp3) is 0.435. The highest BCUT2D eigenvalue weighted by Crippen LogP contribution is 2.24. The van der Waals surface area contributed by atoms with Gasteiger partial charge in [-0.2, -0.15) is 0 Å². The number of anilines is 2. The van der Waals surface area contributed by atoms with E-state index in [2.05, 4.69) is 31.7 Å². The van der Waals surface area contributed by atoms with Crippen molar-refractivity contribution in [3.63, 3.8) is 0 Å².